The van der Waals surface area contributed by atoms with Crippen molar-refractivity contribution in [2.45, 2.75) is 51.6 Å². The summed E-state index contributed by atoms with van der Waals surface area (Å²) in [6.07, 6.45) is 5.76. The van der Waals surface area contributed by atoms with E-state index >= 15 is 0 Å². The lowest BCUT2D eigenvalue weighted by atomic mass is 9.81. The van der Waals surface area contributed by atoms with Crippen LogP contribution in [-0.2, 0) is 0 Å². The van der Waals surface area contributed by atoms with Gasteiger partial charge < -0.3 is 5.32 Å². The molecule has 0 bridgehead atoms. The highest BCUT2D eigenvalue weighted by atomic mass is 15.0. The summed E-state index contributed by atoms with van der Waals surface area (Å²) in [5.41, 5.74) is 0. The molecular weight excluding hydrogens is 134 g/mol. The Morgan fingerprint density at radius 2 is 1.91 bits per heavy atom. The van der Waals surface area contributed by atoms with Crippen molar-refractivity contribution in [3.8, 4) is 0 Å². The van der Waals surface area contributed by atoms with Gasteiger partial charge in [0, 0.05) is 12.1 Å². The standard InChI is InChI=1S/C10H19N/c1-7-5-10(6-7)11-8(2)9-3-4-9/h7-11H,3-6H2,1-2H3. The van der Waals surface area contributed by atoms with Crippen LogP contribution in [0.15, 0.2) is 0 Å². The molecule has 0 spiro atoms. The van der Waals surface area contributed by atoms with Crippen LogP contribution < -0.4 is 5.32 Å². The highest BCUT2D eigenvalue weighted by Crippen LogP contribution is 2.34. The number of hydrogen-bond donors (Lipinski definition) is 1. The molecule has 2 aliphatic rings. The van der Waals surface area contributed by atoms with E-state index in [2.05, 4.69) is 19.2 Å². The second-order valence-electron chi connectivity index (χ2n) is 4.57. The molecule has 1 N–H and O–H groups in total. The Morgan fingerprint density at radius 1 is 1.27 bits per heavy atom. The molecule has 0 aromatic rings. The number of hydrogen-bond acceptors (Lipinski definition) is 1. The van der Waals surface area contributed by atoms with Crippen molar-refractivity contribution in [3.05, 3.63) is 0 Å². The summed E-state index contributed by atoms with van der Waals surface area (Å²) < 4.78 is 0. The van der Waals surface area contributed by atoms with Gasteiger partial charge in [0.15, 0.2) is 0 Å². The van der Waals surface area contributed by atoms with Crippen molar-refractivity contribution in [1.82, 2.24) is 5.32 Å². The zero-order valence-electron chi connectivity index (χ0n) is 7.64. The molecule has 64 valence electrons. The maximum atomic E-state index is 3.71. The molecule has 2 saturated carbocycles. The Balaban J connectivity index is 1.65. The Morgan fingerprint density at radius 3 is 2.36 bits per heavy atom. The van der Waals surface area contributed by atoms with E-state index < -0.39 is 0 Å². The van der Waals surface area contributed by atoms with Crippen LogP contribution in [0.1, 0.15) is 39.5 Å². The lowest BCUT2D eigenvalue weighted by Gasteiger charge is -2.35. The first kappa shape index (κ1) is 7.60. The average Bonchev–Trinajstić information content (AvgIpc) is 2.64. The molecule has 2 fully saturated rings. The van der Waals surface area contributed by atoms with Crippen LogP contribution >= 0.6 is 0 Å². The summed E-state index contributed by atoms with van der Waals surface area (Å²) >= 11 is 0. The molecule has 0 heterocycles. The molecule has 0 saturated heterocycles. The van der Waals surface area contributed by atoms with Crippen LogP contribution in [0.3, 0.4) is 0 Å². The van der Waals surface area contributed by atoms with E-state index in [0.717, 1.165) is 23.9 Å². The van der Waals surface area contributed by atoms with Gasteiger partial charge in [0.05, 0.1) is 0 Å². The Kier molecular flexibility index (Phi) is 1.92. The first-order valence-electron chi connectivity index (χ1n) is 5.01. The Labute approximate surface area is 69.6 Å². The van der Waals surface area contributed by atoms with Crippen molar-refractivity contribution in [2.24, 2.45) is 11.8 Å². The molecule has 1 nitrogen and oxygen atoms in total. The zero-order chi connectivity index (χ0) is 7.84. The molecule has 1 unspecified atom stereocenters. The van der Waals surface area contributed by atoms with Gasteiger partial charge in [-0.05, 0) is 44.4 Å². The lowest BCUT2D eigenvalue weighted by Crippen LogP contribution is -2.45. The molecule has 0 radical (unpaired) electrons. The van der Waals surface area contributed by atoms with E-state index in [1.165, 1.54) is 25.7 Å². The van der Waals surface area contributed by atoms with Crippen LogP contribution in [0.2, 0.25) is 0 Å². The molecular formula is C10H19N. The second-order valence-corrected chi connectivity index (χ2v) is 4.57. The van der Waals surface area contributed by atoms with E-state index in [1.54, 1.807) is 0 Å². The maximum Gasteiger partial charge on any atom is 0.00747 e. The summed E-state index contributed by atoms with van der Waals surface area (Å²) in [6, 6.07) is 1.66. The quantitative estimate of drug-likeness (QED) is 0.655. The summed E-state index contributed by atoms with van der Waals surface area (Å²) in [6.45, 7) is 4.70. The topological polar surface area (TPSA) is 12.0 Å². The van der Waals surface area contributed by atoms with Gasteiger partial charge in [-0.2, -0.15) is 0 Å². The SMILES string of the molecule is CC1CC(NC(C)C2CC2)C1. The minimum absolute atomic E-state index is 0.799. The molecule has 0 aromatic heterocycles. The van der Waals surface area contributed by atoms with Crippen molar-refractivity contribution in [3.63, 3.8) is 0 Å². The molecule has 0 aromatic carbocycles. The summed E-state index contributed by atoms with van der Waals surface area (Å²) in [5.74, 6) is 2.00. The molecule has 1 atom stereocenters. The molecule has 1 heteroatoms. The molecule has 11 heavy (non-hydrogen) atoms. The van der Waals surface area contributed by atoms with Gasteiger partial charge in [0.1, 0.15) is 0 Å². The number of nitrogens with one attached hydrogen (secondary N) is 1. The van der Waals surface area contributed by atoms with Gasteiger partial charge in [-0.15, -0.1) is 0 Å². The van der Waals surface area contributed by atoms with Gasteiger partial charge in [-0.1, -0.05) is 6.92 Å². The van der Waals surface area contributed by atoms with Gasteiger partial charge in [0.25, 0.3) is 0 Å². The second kappa shape index (κ2) is 2.78. The first-order valence-corrected chi connectivity index (χ1v) is 5.01. The van der Waals surface area contributed by atoms with Crippen LogP contribution in [0.4, 0.5) is 0 Å². The van der Waals surface area contributed by atoms with Crippen LogP contribution in [0, 0.1) is 11.8 Å². The molecule has 2 aliphatic carbocycles. The molecule has 2 rings (SSSR count). The smallest absolute Gasteiger partial charge is 0.00747 e. The summed E-state index contributed by atoms with van der Waals surface area (Å²) in [4.78, 5) is 0. The van der Waals surface area contributed by atoms with Crippen molar-refractivity contribution in [1.29, 1.82) is 0 Å². The maximum absolute atomic E-state index is 3.71. The molecule has 0 amide bonds. The fourth-order valence-corrected chi connectivity index (χ4v) is 2.14. The van der Waals surface area contributed by atoms with Crippen molar-refractivity contribution < 1.29 is 0 Å². The average molecular weight is 153 g/mol. The summed E-state index contributed by atoms with van der Waals surface area (Å²) in [7, 11) is 0. The molecule has 0 aliphatic heterocycles. The third-order valence-electron chi connectivity index (χ3n) is 3.20. The van der Waals surface area contributed by atoms with E-state index in [9.17, 15) is 0 Å². The fraction of sp³-hybridized carbons (Fsp3) is 1.00. The largest absolute Gasteiger partial charge is 0.311 e. The Hall–Kier alpha value is -0.0400. The van der Waals surface area contributed by atoms with Gasteiger partial charge >= 0.3 is 0 Å². The van der Waals surface area contributed by atoms with Crippen LogP contribution in [0.25, 0.3) is 0 Å². The van der Waals surface area contributed by atoms with Crippen LogP contribution in [0.5, 0.6) is 0 Å². The fourth-order valence-electron chi connectivity index (χ4n) is 2.14. The minimum atomic E-state index is 0.799. The predicted octanol–water partition coefficient (Wildman–Crippen LogP) is 2.17. The highest BCUT2D eigenvalue weighted by Gasteiger charge is 2.32. The normalized spacial score (nSPS) is 39.8. The lowest BCUT2D eigenvalue weighted by molar-refractivity contribution is 0.219. The third kappa shape index (κ3) is 1.76. The van der Waals surface area contributed by atoms with E-state index in [0.29, 0.717) is 0 Å². The van der Waals surface area contributed by atoms with Gasteiger partial charge in [0.2, 0.25) is 0 Å². The van der Waals surface area contributed by atoms with Crippen LogP contribution in [-0.4, -0.2) is 12.1 Å². The third-order valence-corrected chi connectivity index (χ3v) is 3.20. The minimum Gasteiger partial charge on any atom is -0.311 e. The van der Waals surface area contributed by atoms with E-state index in [4.69, 9.17) is 0 Å². The Bertz CT molecular complexity index is 134. The monoisotopic (exact) mass is 153 g/mol. The van der Waals surface area contributed by atoms with Crippen molar-refractivity contribution >= 4 is 0 Å². The highest BCUT2D eigenvalue weighted by molar-refractivity contribution is 4.89. The first-order chi connectivity index (χ1) is 5.25. The number of rotatable bonds is 3. The van der Waals surface area contributed by atoms with Gasteiger partial charge in [-0.25, -0.2) is 0 Å². The zero-order valence-corrected chi connectivity index (χ0v) is 7.64. The van der Waals surface area contributed by atoms with Gasteiger partial charge in [-0.3, -0.25) is 0 Å². The van der Waals surface area contributed by atoms with E-state index in [-0.39, 0.29) is 0 Å². The van der Waals surface area contributed by atoms with E-state index in [1.807, 2.05) is 0 Å². The summed E-state index contributed by atoms with van der Waals surface area (Å²) in [5, 5.41) is 3.71. The van der Waals surface area contributed by atoms with Crippen molar-refractivity contribution in [2.75, 3.05) is 0 Å². The predicted molar refractivity (Wildman–Crippen MR) is 47.5 cm³/mol.